The summed E-state index contributed by atoms with van der Waals surface area (Å²) in [6, 6.07) is 0. The molecule has 0 aliphatic carbocycles. The van der Waals surface area contributed by atoms with E-state index < -0.39 is 21.0 Å². The van der Waals surface area contributed by atoms with Gasteiger partial charge < -0.3 is 20.5 Å². The second kappa shape index (κ2) is 34.6. The smallest absolute Gasteiger partial charge is 0.103 e. The molecule has 280 valence electrons. The number of hydrogen-bond donors (Lipinski definition) is 3. The molecule has 0 aromatic carbocycles. The first kappa shape index (κ1) is 47.9. The maximum Gasteiger partial charge on any atom is 0.103 e. The molecule has 0 aliphatic rings. The van der Waals surface area contributed by atoms with E-state index in [0.717, 1.165) is 19.3 Å². The monoisotopic (exact) mass is 678 g/mol. The number of aliphatic hydroxyl groups excluding tert-OH is 2. The zero-order valence-corrected chi connectivity index (χ0v) is 32.3. The molecule has 6 nitrogen and oxygen atoms in total. The highest BCUT2D eigenvalue weighted by atomic mass is 32.2. The predicted octanol–water partition coefficient (Wildman–Crippen LogP) is 10.4. The van der Waals surface area contributed by atoms with Gasteiger partial charge in [-0.15, -0.1) is 0 Å². The largest absolute Gasteiger partial charge is 0.748 e. The fraction of sp³-hybridized carbons (Fsp3) is 1.00. The second-order valence-corrected chi connectivity index (χ2v) is 16.8. The fourth-order valence-corrected chi connectivity index (χ4v) is 6.46. The van der Waals surface area contributed by atoms with E-state index >= 15 is 0 Å². The van der Waals surface area contributed by atoms with Gasteiger partial charge in [0.15, 0.2) is 0 Å². The van der Waals surface area contributed by atoms with Crippen molar-refractivity contribution in [1.82, 2.24) is 0 Å². The predicted molar refractivity (Wildman–Crippen MR) is 198 cm³/mol. The van der Waals surface area contributed by atoms with Crippen molar-refractivity contribution in [3.8, 4) is 0 Å². The van der Waals surface area contributed by atoms with Crippen molar-refractivity contribution < 1.29 is 28.9 Å². The Labute approximate surface area is 288 Å². The summed E-state index contributed by atoms with van der Waals surface area (Å²) in [6.07, 6.45) is 38.2. The van der Waals surface area contributed by atoms with Crippen LogP contribution in [0.3, 0.4) is 0 Å². The quantitative estimate of drug-likeness (QED) is 0.0462. The van der Waals surface area contributed by atoms with Crippen molar-refractivity contribution in [2.75, 3.05) is 6.54 Å². The first-order valence-corrected chi connectivity index (χ1v) is 21.5. The summed E-state index contributed by atoms with van der Waals surface area (Å²) in [5.74, 6) is 0. The standard InChI is InChI=1S/C21H44O4S.C18H39NO/c1-4-5-6-7-8-9-10-11-12-13-14-15-16-17-18-20(22)19-21(2,3)26(23,24)25;1-2-3-4-5-6-7-8-9-10-11-12-13-14-15-16-18(20)17-19/h20,22H,4-19H2,1-3H3,(H,23,24,25);18,20H,2-17,19H2,1H3. The van der Waals surface area contributed by atoms with Crippen molar-refractivity contribution in [1.29, 1.82) is 0 Å². The molecule has 7 heteroatoms. The Bertz CT molecular complexity index is 700. The van der Waals surface area contributed by atoms with E-state index in [1.165, 1.54) is 181 Å². The molecule has 0 aliphatic heterocycles. The SMILES string of the molecule is CCCCCCCCCCCCCCCCC(O)CC(C)(C)S(=O)(=O)[O-].CCCCCCCCCCCCCCCCC(O)C[NH3+]. The lowest BCUT2D eigenvalue weighted by atomic mass is 9.99. The minimum absolute atomic E-state index is 0.0251. The van der Waals surface area contributed by atoms with Crippen LogP contribution >= 0.6 is 0 Å². The first-order valence-electron chi connectivity index (χ1n) is 20.1. The van der Waals surface area contributed by atoms with E-state index in [2.05, 4.69) is 19.6 Å². The molecule has 0 saturated heterocycles. The highest BCUT2D eigenvalue weighted by Crippen LogP contribution is 2.24. The summed E-state index contributed by atoms with van der Waals surface area (Å²) < 4.78 is 32.0. The van der Waals surface area contributed by atoms with Gasteiger partial charge in [-0.1, -0.05) is 194 Å². The number of quaternary nitrogens is 1. The van der Waals surface area contributed by atoms with Gasteiger partial charge in [0, 0.05) is 0 Å². The third-order valence-corrected chi connectivity index (χ3v) is 11.0. The molecule has 0 radical (unpaired) electrons. The Morgan fingerprint density at radius 1 is 0.500 bits per heavy atom. The van der Waals surface area contributed by atoms with E-state index in [-0.39, 0.29) is 12.5 Å². The van der Waals surface area contributed by atoms with Gasteiger partial charge in [-0.05, 0) is 33.1 Å². The van der Waals surface area contributed by atoms with Crippen LogP contribution in [0.25, 0.3) is 0 Å². The van der Waals surface area contributed by atoms with Crippen LogP contribution in [0.15, 0.2) is 0 Å². The highest BCUT2D eigenvalue weighted by Gasteiger charge is 2.28. The van der Waals surface area contributed by atoms with Crippen LogP contribution < -0.4 is 5.73 Å². The fourth-order valence-electron chi connectivity index (χ4n) is 6.06. The van der Waals surface area contributed by atoms with Crippen LogP contribution in [0.4, 0.5) is 0 Å². The van der Waals surface area contributed by atoms with E-state index in [1.54, 1.807) is 0 Å². The van der Waals surface area contributed by atoms with E-state index in [4.69, 9.17) is 0 Å². The average molecular weight is 678 g/mol. The Morgan fingerprint density at radius 3 is 0.978 bits per heavy atom. The summed E-state index contributed by atoms with van der Waals surface area (Å²) in [5, 5.41) is 19.3. The molecule has 2 atom stereocenters. The second-order valence-electron chi connectivity index (χ2n) is 14.8. The number of hydrogen-bond acceptors (Lipinski definition) is 5. The molecule has 0 bridgehead atoms. The lowest BCUT2D eigenvalue weighted by Crippen LogP contribution is -2.55. The maximum atomic E-state index is 11.1. The van der Waals surface area contributed by atoms with E-state index in [1.807, 2.05) is 0 Å². The third kappa shape index (κ3) is 35.1. The summed E-state index contributed by atoms with van der Waals surface area (Å²) in [4.78, 5) is 0. The molecule has 0 amide bonds. The zero-order chi connectivity index (χ0) is 34.8. The lowest BCUT2D eigenvalue weighted by molar-refractivity contribution is -0.384. The van der Waals surface area contributed by atoms with E-state index in [9.17, 15) is 23.2 Å². The van der Waals surface area contributed by atoms with Crippen LogP contribution in [0.5, 0.6) is 0 Å². The van der Waals surface area contributed by atoms with Crippen LogP contribution in [0, 0.1) is 0 Å². The molecule has 5 N–H and O–H groups in total. The summed E-state index contributed by atoms with van der Waals surface area (Å²) in [6.45, 7) is 7.99. The highest BCUT2D eigenvalue weighted by molar-refractivity contribution is 7.87. The van der Waals surface area contributed by atoms with Crippen molar-refractivity contribution in [3.63, 3.8) is 0 Å². The Hall–Kier alpha value is -0.210. The third-order valence-electron chi connectivity index (χ3n) is 9.52. The molecule has 0 aromatic heterocycles. The zero-order valence-electron chi connectivity index (χ0n) is 31.5. The molecule has 46 heavy (non-hydrogen) atoms. The van der Waals surface area contributed by atoms with Crippen LogP contribution in [-0.2, 0) is 10.1 Å². The first-order chi connectivity index (χ1) is 22.0. The molecular formula is C39H83NO5S. The summed E-state index contributed by atoms with van der Waals surface area (Å²) >= 11 is 0. The topological polar surface area (TPSA) is 125 Å². The molecular weight excluding hydrogens is 594 g/mol. The van der Waals surface area contributed by atoms with Gasteiger partial charge in [0.05, 0.1) is 21.0 Å². The Balaban J connectivity index is 0. The van der Waals surface area contributed by atoms with Crippen LogP contribution in [0.1, 0.15) is 227 Å². The molecule has 0 rings (SSSR count). The van der Waals surface area contributed by atoms with Crippen LogP contribution in [0.2, 0.25) is 0 Å². The normalized spacial score (nSPS) is 13.4. The van der Waals surface area contributed by atoms with Gasteiger partial charge in [0.1, 0.15) is 12.6 Å². The molecule has 0 aromatic rings. The van der Waals surface area contributed by atoms with Gasteiger partial charge in [0.2, 0.25) is 0 Å². The molecule has 2 unspecified atom stereocenters. The van der Waals surface area contributed by atoms with Gasteiger partial charge in [-0.2, -0.15) is 0 Å². The molecule has 0 fully saturated rings. The number of aliphatic hydroxyl groups is 2. The molecule has 0 spiro atoms. The Kier molecular flexibility index (Phi) is 36.1. The van der Waals surface area contributed by atoms with Crippen LogP contribution in [-0.4, -0.2) is 46.7 Å². The lowest BCUT2D eigenvalue weighted by Gasteiger charge is -2.30. The van der Waals surface area contributed by atoms with Crippen molar-refractivity contribution in [2.24, 2.45) is 0 Å². The van der Waals surface area contributed by atoms with Crippen molar-refractivity contribution in [2.45, 2.75) is 244 Å². The van der Waals surface area contributed by atoms with Gasteiger partial charge in [-0.25, -0.2) is 8.42 Å². The molecule has 0 saturated carbocycles. The van der Waals surface area contributed by atoms with E-state index in [0.29, 0.717) is 13.0 Å². The molecule has 0 heterocycles. The Morgan fingerprint density at radius 2 is 0.739 bits per heavy atom. The number of unbranched alkanes of at least 4 members (excludes halogenated alkanes) is 26. The van der Waals surface area contributed by atoms with Gasteiger partial charge in [-0.3, -0.25) is 0 Å². The number of rotatable bonds is 34. The van der Waals surface area contributed by atoms with Crippen molar-refractivity contribution in [3.05, 3.63) is 0 Å². The summed E-state index contributed by atoms with van der Waals surface area (Å²) in [5.41, 5.74) is 3.72. The van der Waals surface area contributed by atoms with Gasteiger partial charge >= 0.3 is 0 Å². The summed E-state index contributed by atoms with van der Waals surface area (Å²) in [7, 11) is -4.37. The average Bonchev–Trinajstić information content (AvgIpc) is 3.00. The van der Waals surface area contributed by atoms with Crippen molar-refractivity contribution >= 4 is 10.1 Å². The van der Waals surface area contributed by atoms with Gasteiger partial charge in [0.25, 0.3) is 0 Å². The maximum absolute atomic E-state index is 11.1. The minimum Gasteiger partial charge on any atom is -0.748 e. The minimum atomic E-state index is -4.37.